The normalized spacial score (nSPS) is 20.1. The van der Waals surface area contributed by atoms with Gasteiger partial charge in [-0.15, -0.1) is 0 Å². The molecule has 0 aromatic heterocycles. The van der Waals surface area contributed by atoms with Crippen molar-refractivity contribution in [2.45, 2.75) is 0 Å². The van der Waals surface area contributed by atoms with Crippen LogP contribution >= 0.6 is 0 Å². The van der Waals surface area contributed by atoms with Crippen LogP contribution in [0.5, 0.6) is 0 Å². The predicted molar refractivity (Wildman–Crippen MR) is 124 cm³/mol. The molecule has 5 aliphatic heterocycles. The molecule has 150 valence electrons. The van der Waals surface area contributed by atoms with E-state index >= 15 is 0 Å². The molecule has 4 nitrogen and oxygen atoms in total. The van der Waals surface area contributed by atoms with Gasteiger partial charge in [-0.25, -0.2) is 20.0 Å². The Morgan fingerprint density at radius 1 is 0.452 bits per heavy atom. The summed E-state index contributed by atoms with van der Waals surface area (Å²) in [5.74, 6) is 0. The Morgan fingerprint density at radius 2 is 0.968 bits per heavy atom. The number of fused-ring (bicyclic) bond motifs is 4. The maximum Gasteiger partial charge on any atom is 0.0737 e. The minimum Gasteiger partial charge on any atom is -0.249 e. The SMILES string of the molecule is C1=CC2=NC1=CC1=NC(=CC3=NC(=CC4=NC(=C2)C=C4)C(c2ccccc2)=C3)C=C1.[Pt]. The van der Waals surface area contributed by atoms with Gasteiger partial charge in [-0.3, -0.25) is 0 Å². The minimum atomic E-state index is 0. The molecule has 0 saturated carbocycles. The van der Waals surface area contributed by atoms with E-state index in [1.165, 1.54) is 0 Å². The van der Waals surface area contributed by atoms with Crippen LogP contribution in [0.1, 0.15) is 5.56 Å². The van der Waals surface area contributed by atoms with Gasteiger partial charge >= 0.3 is 0 Å². The predicted octanol–water partition coefficient (Wildman–Crippen LogP) is 5.10. The van der Waals surface area contributed by atoms with Crippen LogP contribution in [0.2, 0.25) is 0 Å². The molecule has 31 heavy (non-hydrogen) atoms. The fraction of sp³-hybridized carbons (Fsp3) is 0. The third-order valence-electron chi connectivity index (χ3n) is 5.12. The summed E-state index contributed by atoms with van der Waals surface area (Å²) in [5, 5.41) is 0. The van der Waals surface area contributed by atoms with Crippen LogP contribution in [-0.4, -0.2) is 22.8 Å². The smallest absolute Gasteiger partial charge is 0.0737 e. The van der Waals surface area contributed by atoms with E-state index < -0.39 is 0 Å². The molecule has 0 N–H and O–H groups in total. The molecule has 0 aliphatic carbocycles. The first-order valence-electron chi connectivity index (χ1n) is 9.82. The first kappa shape index (κ1) is 19.5. The largest absolute Gasteiger partial charge is 0.249 e. The topological polar surface area (TPSA) is 49.4 Å². The number of hydrogen-bond acceptors (Lipinski definition) is 4. The van der Waals surface area contributed by atoms with Gasteiger partial charge in [0.2, 0.25) is 0 Å². The van der Waals surface area contributed by atoms with Crippen LogP contribution in [0.25, 0.3) is 5.57 Å². The van der Waals surface area contributed by atoms with E-state index in [0.29, 0.717) is 0 Å². The first-order chi connectivity index (χ1) is 14.8. The van der Waals surface area contributed by atoms with E-state index in [-0.39, 0.29) is 21.1 Å². The summed E-state index contributed by atoms with van der Waals surface area (Å²) in [7, 11) is 0. The van der Waals surface area contributed by atoms with Crippen LogP contribution < -0.4 is 0 Å². The molecule has 0 saturated heterocycles. The van der Waals surface area contributed by atoms with E-state index in [2.05, 4.69) is 23.2 Å². The Bertz CT molecular complexity index is 1350. The molecule has 0 amide bonds. The van der Waals surface area contributed by atoms with Crippen LogP contribution in [0.15, 0.2) is 140 Å². The number of allylic oxidation sites excluding steroid dienone is 12. The van der Waals surface area contributed by atoms with Crippen molar-refractivity contribution in [1.29, 1.82) is 0 Å². The van der Waals surface area contributed by atoms with E-state index in [1.54, 1.807) is 0 Å². The molecular weight excluding hydrogens is 563 g/mol. The maximum absolute atomic E-state index is 4.87. The van der Waals surface area contributed by atoms with Gasteiger partial charge in [-0.05, 0) is 72.4 Å². The van der Waals surface area contributed by atoms with Gasteiger partial charge in [0.1, 0.15) is 0 Å². The quantitative estimate of drug-likeness (QED) is 0.445. The second-order valence-electron chi connectivity index (χ2n) is 7.31. The van der Waals surface area contributed by atoms with Crippen molar-refractivity contribution in [3.05, 3.63) is 126 Å². The van der Waals surface area contributed by atoms with E-state index in [4.69, 9.17) is 15.0 Å². The number of aliphatic imine (C=N–C) groups is 4. The monoisotopic (exact) mass is 579 g/mol. The van der Waals surface area contributed by atoms with Crippen molar-refractivity contribution in [2.24, 2.45) is 20.0 Å². The van der Waals surface area contributed by atoms with Crippen LogP contribution in [0.3, 0.4) is 0 Å². The summed E-state index contributed by atoms with van der Waals surface area (Å²) in [6, 6.07) is 10.3. The Hall–Kier alpha value is -3.49. The van der Waals surface area contributed by atoms with E-state index in [9.17, 15) is 0 Å². The summed E-state index contributed by atoms with van der Waals surface area (Å²) in [6.07, 6.45) is 22.1. The average Bonchev–Trinajstić information content (AvgIpc) is 3.53. The fourth-order valence-corrected chi connectivity index (χ4v) is 3.75. The van der Waals surface area contributed by atoms with Gasteiger partial charge in [-0.1, -0.05) is 30.3 Å². The van der Waals surface area contributed by atoms with Crippen molar-refractivity contribution < 1.29 is 21.1 Å². The molecule has 5 heteroatoms. The van der Waals surface area contributed by atoms with Crippen molar-refractivity contribution in [2.75, 3.05) is 0 Å². The van der Waals surface area contributed by atoms with E-state index in [1.807, 2.05) is 79.0 Å². The van der Waals surface area contributed by atoms with Crippen LogP contribution in [0, 0.1) is 0 Å². The Labute approximate surface area is 194 Å². The molecule has 0 atom stereocenters. The van der Waals surface area contributed by atoms with Gasteiger partial charge < -0.3 is 0 Å². The van der Waals surface area contributed by atoms with Gasteiger partial charge in [0.05, 0.1) is 45.6 Å². The van der Waals surface area contributed by atoms with Gasteiger partial charge in [0.15, 0.2) is 0 Å². The number of hydrogen-bond donors (Lipinski definition) is 0. The molecular formula is C26H16N4Pt. The van der Waals surface area contributed by atoms with Crippen molar-refractivity contribution in [3.63, 3.8) is 0 Å². The maximum atomic E-state index is 4.87. The molecule has 0 fully saturated rings. The molecule has 1 aromatic carbocycles. The Morgan fingerprint density at radius 3 is 1.55 bits per heavy atom. The summed E-state index contributed by atoms with van der Waals surface area (Å²) in [4.78, 5) is 18.9. The van der Waals surface area contributed by atoms with E-state index in [0.717, 1.165) is 56.8 Å². The zero-order valence-electron chi connectivity index (χ0n) is 16.3. The molecule has 0 radical (unpaired) electrons. The number of nitrogens with zero attached hydrogens (tertiary/aromatic N) is 4. The third-order valence-corrected chi connectivity index (χ3v) is 5.12. The zero-order valence-corrected chi connectivity index (χ0v) is 18.6. The molecule has 5 heterocycles. The minimum absolute atomic E-state index is 0. The second kappa shape index (κ2) is 7.97. The molecule has 8 bridgehead atoms. The summed E-state index contributed by atoms with van der Waals surface area (Å²) in [6.45, 7) is 0. The molecule has 1 aromatic rings. The first-order valence-corrected chi connectivity index (χ1v) is 9.82. The van der Waals surface area contributed by atoms with Gasteiger partial charge in [0.25, 0.3) is 0 Å². The second-order valence-corrected chi connectivity index (χ2v) is 7.31. The van der Waals surface area contributed by atoms with Crippen molar-refractivity contribution in [3.8, 4) is 0 Å². The van der Waals surface area contributed by atoms with Crippen molar-refractivity contribution in [1.82, 2.24) is 0 Å². The average molecular weight is 580 g/mol. The summed E-state index contributed by atoms with van der Waals surface area (Å²) < 4.78 is 0. The molecule has 0 spiro atoms. The number of benzene rings is 1. The standard InChI is InChI=1S/C26H16N4.Pt/c1-2-4-17(5-3-1)25-15-24-14-22-9-8-20(28-22)12-18-6-7-19(27-18)13-21-10-11-23(29-21)16-26(25)30-24;/h1-16H;. The van der Waals surface area contributed by atoms with Crippen LogP contribution in [0.4, 0.5) is 0 Å². The van der Waals surface area contributed by atoms with Crippen LogP contribution in [-0.2, 0) is 21.1 Å². The Balaban J connectivity index is 0.00000204. The zero-order chi connectivity index (χ0) is 19.9. The van der Waals surface area contributed by atoms with Gasteiger partial charge in [0, 0.05) is 26.6 Å². The molecule has 0 unspecified atom stereocenters. The van der Waals surface area contributed by atoms with Crippen molar-refractivity contribution >= 4 is 28.4 Å². The van der Waals surface area contributed by atoms with Gasteiger partial charge in [-0.2, -0.15) is 0 Å². The third kappa shape index (κ3) is 3.95. The summed E-state index contributed by atoms with van der Waals surface area (Å²) >= 11 is 0. The Kier molecular flexibility index (Phi) is 5.01. The number of rotatable bonds is 1. The fourth-order valence-electron chi connectivity index (χ4n) is 3.75. The molecule has 5 aliphatic rings. The molecule has 6 rings (SSSR count). The summed E-state index contributed by atoms with van der Waals surface area (Å²) in [5.41, 5.74) is 9.28.